The summed E-state index contributed by atoms with van der Waals surface area (Å²) in [5, 5.41) is 3.49. The monoisotopic (exact) mass is 226 g/mol. The highest BCUT2D eigenvalue weighted by Gasteiger charge is 2.22. The van der Waals surface area contributed by atoms with Crippen LogP contribution in [-0.4, -0.2) is 36.6 Å². The summed E-state index contributed by atoms with van der Waals surface area (Å²) in [4.78, 5) is 2.71. The van der Waals surface area contributed by atoms with Gasteiger partial charge in [0.15, 0.2) is 0 Å². The Morgan fingerprint density at radius 2 is 2.12 bits per heavy atom. The lowest BCUT2D eigenvalue weighted by Crippen LogP contribution is -2.43. The van der Waals surface area contributed by atoms with Gasteiger partial charge in [0.25, 0.3) is 0 Å². The molecule has 0 saturated carbocycles. The second-order valence-electron chi connectivity index (χ2n) is 5.32. The molecule has 1 rings (SSSR count). The minimum Gasteiger partial charge on any atom is -0.317 e. The van der Waals surface area contributed by atoms with Crippen LogP contribution in [0.2, 0.25) is 0 Å². The molecule has 0 amide bonds. The van der Waals surface area contributed by atoms with Crippen LogP contribution in [0.3, 0.4) is 0 Å². The molecule has 0 aromatic rings. The van der Waals surface area contributed by atoms with E-state index < -0.39 is 0 Å². The van der Waals surface area contributed by atoms with Gasteiger partial charge in [0.2, 0.25) is 0 Å². The van der Waals surface area contributed by atoms with Crippen LogP contribution in [-0.2, 0) is 0 Å². The molecule has 16 heavy (non-hydrogen) atoms. The molecule has 1 aliphatic rings. The third-order valence-electron chi connectivity index (χ3n) is 3.82. The average Bonchev–Trinajstić information content (AvgIpc) is 2.29. The van der Waals surface area contributed by atoms with Crippen molar-refractivity contribution in [3.63, 3.8) is 0 Å². The first-order valence-electron chi connectivity index (χ1n) is 7.22. The molecule has 1 fully saturated rings. The van der Waals surface area contributed by atoms with Crippen molar-refractivity contribution in [3.8, 4) is 0 Å². The summed E-state index contributed by atoms with van der Waals surface area (Å²) in [5.74, 6) is 0. The maximum Gasteiger partial charge on any atom is 0.00702 e. The standard InChI is InChI=1S/C14H30N2/c1-4-10-15-11-7-9-14(3)16-12-6-5-8-13(16)2/h13-15H,4-12H2,1-3H3. The van der Waals surface area contributed by atoms with Gasteiger partial charge in [0, 0.05) is 12.1 Å². The number of nitrogens with zero attached hydrogens (tertiary/aromatic N) is 1. The normalized spacial score (nSPS) is 24.6. The Kier molecular flexibility index (Phi) is 7.06. The molecule has 96 valence electrons. The van der Waals surface area contributed by atoms with E-state index in [1.54, 1.807) is 0 Å². The predicted octanol–water partition coefficient (Wildman–Crippen LogP) is 3.03. The first-order chi connectivity index (χ1) is 7.75. The van der Waals surface area contributed by atoms with Crippen LogP contribution in [0.25, 0.3) is 0 Å². The van der Waals surface area contributed by atoms with Gasteiger partial charge < -0.3 is 5.32 Å². The number of piperidine rings is 1. The highest BCUT2D eigenvalue weighted by molar-refractivity contribution is 4.77. The van der Waals surface area contributed by atoms with E-state index in [1.165, 1.54) is 58.2 Å². The predicted molar refractivity (Wildman–Crippen MR) is 71.9 cm³/mol. The summed E-state index contributed by atoms with van der Waals surface area (Å²) in [5.41, 5.74) is 0. The fourth-order valence-corrected chi connectivity index (χ4v) is 2.77. The highest BCUT2D eigenvalue weighted by Crippen LogP contribution is 2.20. The van der Waals surface area contributed by atoms with Gasteiger partial charge in [0.05, 0.1) is 0 Å². The Labute approximate surface area is 102 Å². The van der Waals surface area contributed by atoms with E-state index in [2.05, 4.69) is 31.0 Å². The van der Waals surface area contributed by atoms with Crippen molar-refractivity contribution in [3.05, 3.63) is 0 Å². The summed E-state index contributed by atoms with van der Waals surface area (Å²) in [6, 6.07) is 1.59. The molecule has 2 unspecified atom stereocenters. The van der Waals surface area contributed by atoms with Gasteiger partial charge >= 0.3 is 0 Å². The van der Waals surface area contributed by atoms with Crippen molar-refractivity contribution >= 4 is 0 Å². The van der Waals surface area contributed by atoms with Crippen LogP contribution in [0.1, 0.15) is 59.3 Å². The lowest BCUT2D eigenvalue weighted by Gasteiger charge is -2.38. The SMILES string of the molecule is CCCNCCCC(C)N1CCCCC1C. The lowest BCUT2D eigenvalue weighted by molar-refractivity contribution is 0.108. The van der Waals surface area contributed by atoms with E-state index in [9.17, 15) is 0 Å². The number of nitrogens with one attached hydrogen (secondary N) is 1. The molecule has 0 aromatic heterocycles. The number of rotatable bonds is 7. The van der Waals surface area contributed by atoms with Gasteiger partial charge in [-0.2, -0.15) is 0 Å². The zero-order valence-electron chi connectivity index (χ0n) is 11.5. The lowest BCUT2D eigenvalue weighted by atomic mass is 10.00. The van der Waals surface area contributed by atoms with Crippen LogP contribution < -0.4 is 5.32 Å². The summed E-state index contributed by atoms with van der Waals surface area (Å²) < 4.78 is 0. The van der Waals surface area contributed by atoms with E-state index in [-0.39, 0.29) is 0 Å². The quantitative estimate of drug-likeness (QED) is 0.671. The van der Waals surface area contributed by atoms with Crippen LogP contribution in [0.4, 0.5) is 0 Å². The van der Waals surface area contributed by atoms with Crippen LogP contribution in [0, 0.1) is 0 Å². The molecular formula is C14H30N2. The van der Waals surface area contributed by atoms with E-state index in [4.69, 9.17) is 0 Å². The summed E-state index contributed by atoms with van der Waals surface area (Å²) >= 11 is 0. The number of likely N-dealkylation sites (tertiary alicyclic amines) is 1. The number of hydrogen-bond donors (Lipinski definition) is 1. The minimum absolute atomic E-state index is 0.777. The molecule has 0 spiro atoms. The van der Waals surface area contributed by atoms with Crippen molar-refractivity contribution in [2.45, 2.75) is 71.4 Å². The summed E-state index contributed by atoms with van der Waals surface area (Å²) in [6.07, 6.45) is 8.16. The van der Waals surface area contributed by atoms with Gasteiger partial charge in [-0.25, -0.2) is 0 Å². The Bertz CT molecular complexity index is 170. The topological polar surface area (TPSA) is 15.3 Å². The van der Waals surface area contributed by atoms with Crippen LogP contribution in [0.5, 0.6) is 0 Å². The second kappa shape index (κ2) is 8.08. The Morgan fingerprint density at radius 3 is 2.81 bits per heavy atom. The molecule has 0 aliphatic carbocycles. The van der Waals surface area contributed by atoms with Crippen molar-refractivity contribution in [1.82, 2.24) is 10.2 Å². The third-order valence-corrected chi connectivity index (χ3v) is 3.82. The van der Waals surface area contributed by atoms with Gasteiger partial charge in [-0.1, -0.05) is 13.3 Å². The molecule has 1 N–H and O–H groups in total. The third kappa shape index (κ3) is 4.84. The van der Waals surface area contributed by atoms with Gasteiger partial charge in [-0.15, -0.1) is 0 Å². The van der Waals surface area contributed by atoms with E-state index in [0.29, 0.717) is 0 Å². The van der Waals surface area contributed by atoms with Crippen LogP contribution >= 0.6 is 0 Å². The Balaban J connectivity index is 2.10. The molecule has 1 aliphatic heterocycles. The van der Waals surface area contributed by atoms with E-state index >= 15 is 0 Å². The molecule has 0 bridgehead atoms. The first kappa shape index (κ1) is 14.0. The Hall–Kier alpha value is -0.0800. The maximum atomic E-state index is 3.49. The zero-order chi connectivity index (χ0) is 11.8. The van der Waals surface area contributed by atoms with Crippen molar-refractivity contribution in [2.24, 2.45) is 0 Å². The fourth-order valence-electron chi connectivity index (χ4n) is 2.77. The van der Waals surface area contributed by atoms with Crippen molar-refractivity contribution < 1.29 is 0 Å². The maximum absolute atomic E-state index is 3.49. The van der Waals surface area contributed by atoms with Gasteiger partial charge in [-0.05, 0) is 65.6 Å². The average molecular weight is 226 g/mol. The fraction of sp³-hybridized carbons (Fsp3) is 1.00. The second-order valence-corrected chi connectivity index (χ2v) is 5.32. The molecule has 1 saturated heterocycles. The van der Waals surface area contributed by atoms with Crippen molar-refractivity contribution in [1.29, 1.82) is 0 Å². The van der Waals surface area contributed by atoms with E-state index in [1.807, 2.05) is 0 Å². The highest BCUT2D eigenvalue weighted by atomic mass is 15.2. The van der Waals surface area contributed by atoms with Crippen molar-refractivity contribution in [2.75, 3.05) is 19.6 Å². The van der Waals surface area contributed by atoms with Gasteiger partial charge in [0.1, 0.15) is 0 Å². The minimum atomic E-state index is 0.777. The molecule has 0 aromatic carbocycles. The van der Waals surface area contributed by atoms with Gasteiger partial charge in [-0.3, -0.25) is 4.90 Å². The largest absolute Gasteiger partial charge is 0.317 e. The molecular weight excluding hydrogens is 196 g/mol. The first-order valence-corrected chi connectivity index (χ1v) is 7.22. The number of hydrogen-bond acceptors (Lipinski definition) is 2. The summed E-state index contributed by atoms with van der Waals surface area (Å²) in [7, 11) is 0. The smallest absolute Gasteiger partial charge is 0.00702 e. The molecule has 2 heteroatoms. The molecule has 2 atom stereocenters. The molecule has 1 heterocycles. The molecule has 0 radical (unpaired) electrons. The summed E-state index contributed by atoms with van der Waals surface area (Å²) in [6.45, 7) is 10.7. The zero-order valence-corrected chi connectivity index (χ0v) is 11.5. The molecule has 2 nitrogen and oxygen atoms in total. The van der Waals surface area contributed by atoms with Crippen LogP contribution in [0.15, 0.2) is 0 Å². The van der Waals surface area contributed by atoms with E-state index in [0.717, 1.165) is 12.1 Å². The Morgan fingerprint density at radius 1 is 1.31 bits per heavy atom.